The molecule has 2 aromatic rings. The van der Waals surface area contributed by atoms with E-state index in [9.17, 15) is 8.78 Å². The summed E-state index contributed by atoms with van der Waals surface area (Å²) in [7, 11) is 0. The van der Waals surface area contributed by atoms with Crippen molar-refractivity contribution in [1.29, 1.82) is 0 Å². The average molecular weight is 487 g/mol. The molecule has 0 spiro atoms. The molecule has 0 saturated heterocycles. The zero-order chi connectivity index (χ0) is 24.5. The maximum Gasteiger partial charge on any atom is 0.159 e. The summed E-state index contributed by atoms with van der Waals surface area (Å²) in [5.41, 5.74) is 2.07. The van der Waals surface area contributed by atoms with Crippen molar-refractivity contribution in [3.8, 4) is 0 Å². The Balaban J connectivity index is 1.16. The van der Waals surface area contributed by atoms with E-state index in [0.717, 1.165) is 94.1 Å². The van der Waals surface area contributed by atoms with Crippen LogP contribution in [0.5, 0.6) is 0 Å². The van der Waals surface area contributed by atoms with Gasteiger partial charge in [0.25, 0.3) is 0 Å². The highest BCUT2D eigenvalue weighted by atomic mass is 19.2. The zero-order valence-electron chi connectivity index (χ0n) is 20.8. The van der Waals surface area contributed by atoms with Crippen LogP contribution < -0.4 is 0 Å². The second kappa shape index (κ2) is 10.6. The molecule has 0 N–H and O–H groups in total. The Labute approximate surface area is 207 Å². The summed E-state index contributed by atoms with van der Waals surface area (Å²) in [6.45, 7) is 2.26. The lowest BCUT2D eigenvalue weighted by atomic mass is 9.67. The topological polar surface area (TPSA) is 0 Å². The van der Waals surface area contributed by atoms with Crippen molar-refractivity contribution in [2.75, 3.05) is 0 Å². The van der Waals surface area contributed by atoms with Gasteiger partial charge in [0.2, 0.25) is 0 Å². The standard InChI is InChI=1S/C31H38F4/c1-19-2-4-23(5-3-19)26-17-29(34)31(30(35)18-26)24-12-10-21(11-13-24)20-6-8-22(9-7-20)25-14-15-27(32)28(33)16-25/h14-24H,2-13H2,1H3. The maximum absolute atomic E-state index is 15.1. The quantitative estimate of drug-likeness (QED) is 0.377. The number of benzene rings is 2. The van der Waals surface area contributed by atoms with E-state index in [2.05, 4.69) is 6.92 Å². The van der Waals surface area contributed by atoms with Crippen LogP contribution in [0, 0.1) is 41.0 Å². The molecule has 3 fully saturated rings. The first-order valence-corrected chi connectivity index (χ1v) is 13.8. The van der Waals surface area contributed by atoms with Gasteiger partial charge in [-0.15, -0.1) is 0 Å². The van der Waals surface area contributed by atoms with Gasteiger partial charge >= 0.3 is 0 Å². The molecule has 3 aliphatic rings. The fraction of sp³-hybridized carbons (Fsp3) is 0.613. The molecule has 0 amide bonds. The number of rotatable bonds is 4. The summed E-state index contributed by atoms with van der Waals surface area (Å²) in [5.74, 6) is 0.294. The Hall–Kier alpha value is -1.84. The molecule has 0 unspecified atom stereocenters. The van der Waals surface area contributed by atoms with Gasteiger partial charge in [-0.05, 0) is 135 Å². The molecule has 0 heterocycles. The molecule has 0 aliphatic heterocycles. The summed E-state index contributed by atoms with van der Waals surface area (Å²) in [6, 6.07) is 7.57. The van der Waals surface area contributed by atoms with Crippen LogP contribution in [0.25, 0.3) is 0 Å². The highest BCUT2D eigenvalue weighted by Crippen LogP contribution is 2.47. The first-order valence-electron chi connectivity index (χ1n) is 13.8. The van der Waals surface area contributed by atoms with Crippen molar-refractivity contribution in [3.63, 3.8) is 0 Å². The molecule has 2 aromatic carbocycles. The fourth-order valence-electron chi connectivity index (χ4n) is 7.39. The van der Waals surface area contributed by atoms with Gasteiger partial charge in [-0.3, -0.25) is 0 Å². The fourth-order valence-corrected chi connectivity index (χ4v) is 7.39. The van der Waals surface area contributed by atoms with Crippen molar-refractivity contribution in [2.24, 2.45) is 17.8 Å². The predicted molar refractivity (Wildman–Crippen MR) is 132 cm³/mol. The Morgan fingerprint density at radius 3 is 1.49 bits per heavy atom. The Bertz CT molecular complexity index is 984. The minimum atomic E-state index is -0.787. The normalized spacial score (nSPS) is 31.9. The van der Waals surface area contributed by atoms with E-state index in [1.54, 1.807) is 18.2 Å². The van der Waals surface area contributed by atoms with E-state index in [-0.39, 0.29) is 17.6 Å². The molecule has 0 radical (unpaired) electrons. The Kier molecular flexibility index (Phi) is 7.55. The van der Waals surface area contributed by atoms with E-state index >= 15 is 8.78 Å². The molecule has 190 valence electrons. The summed E-state index contributed by atoms with van der Waals surface area (Å²) in [5, 5.41) is 0. The smallest absolute Gasteiger partial charge is 0.159 e. The predicted octanol–water partition coefficient (Wildman–Crippen LogP) is 9.78. The van der Waals surface area contributed by atoms with Crippen molar-refractivity contribution >= 4 is 0 Å². The lowest BCUT2D eigenvalue weighted by molar-refractivity contribution is 0.175. The third-order valence-electron chi connectivity index (χ3n) is 9.62. The molecule has 0 nitrogen and oxygen atoms in total. The highest BCUT2D eigenvalue weighted by molar-refractivity contribution is 5.32. The van der Waals surface area contributed by atoms with Gasteiger partial charge in [-0.1, -0.05) is 25.8 Å². The molecule has 0 aromatic heterocycles. The van der Waals surface area contributed by atoms with E-state index in [1.165, 1.54) is 12.1 Å². The summed E-state index contributed by atoms with van der Waals surface area (Å²) >= 11 is 0. The van der Waals surface area contributed by atoms with E-state index in [1.807, 2.05) is 0 Å². The summed E-state index contributed by atoms with van der Waals surface area (Å²) < 4.78 is 57.2. The minimum absolute atomic E-state index is 0.0230. The van der Waals surface area contributed by atoms with Crippen molar-refractivity contribution < 1.29 is 17.6 Å². The first-order chi connectivity index (χ1) is 16.9. The van der Waals surface area contributed by atoms with Gasteiger partial charge in [0.15, 0.2) is 11.6 Å². The van der Waals surface area contributed by atoms with Crippen LogP contribution in [0.4, 0.5) is 17.6 Å². The van der Waals surface area contributed by atoms with Gasteiger partial charge in [-0.25, -0.2) is 17.6 Å². The second-order valence-electron chi connectivity index (χ2n) is 11.8. The molecule has 0 bridgehead atoms. The van der Waals surface area contributed by atoms with Gasteiger partial charge in [-0.2, -0.15) is 0 Å². The second-order valence-corrected chi connectivity index (χ2v) is 11.8. The van der Waals surface area contributed by atoms with Crippen LogP contribution in [0.2, 0.25) is 0 Å². The number of hydrogen-bond donors (Lipinski definition) is 0. The lowest BCUT2D eigenvalue weighted by Crippen LogP contribution is -2.25. The average Bonchev–Trinajstić information content (AvgIpc) is 2.86. The molecule has 0 atom stereocenters. The number of hydrogen-bond acceptors (Lipinski definition) is 0. The van der Waals surface area contributed by atoms with Crippen LogP contribution in [-0.4, -0.2) is 0 Å². The molecule has 35 heavy (non-hydrogen) atoms. The van der Waals surface area contributed by atoms with Crippen LogP contribution in [0.1, 0.15) is 118 Å². The van der Waals surface area contributed by atoms with E-state index < -0.39 is 11.6 Å². The van der Waals surface area contributed by atoms with Gasteiger partial charge in [0.1, 0.15) is 11.6 Å². The third-order valence-corrected chi connectivity index (χ3v) is 9.62. The number of halogens is 4. The Morgan fingerprint density at radius 1 is 0.486 bits per heavy atom. The van der Waals surface area contributed by atoms with Crippen LogP contribution in [-0.2, 0) is 0 Å². The van der Waals surface area contributed by atoms with Crippen molar-refractivity contribution in [3.05, 3.63) is 70.3 Å². The summed E-state index contributed by atoms with van der Waals surface area (Å²) in [4.78, 5) is 0. The summed E-state index contributed by atoms with van der Waals surface area (Å²) in [6.07, 6.45) is 12.3. The third kappa shape index (κ3) is 5.47. The van der Waals surface area contributed by atoms with E-state index in [4.69, 9.17) is 0 Å². The molecule has 3 aliphatic carbocycles. The molecule has 3 saturated carbocycles. The zero-order valence-corrected chi connectivity index (χ0v) is 20.8. The first kappa shape index (κ1) is 24.8. The Morgan fingerprint density at radius 2 is 0.943 bits per heavy atom. The van der Waals surface area contributed by atoms with Gasteiger partial charge in [0, 0.05) is 5.56 Å². The van der Waals surface area contributed by atoms with Gasteiger partial charge in [0.05, 0.1) is 0 Å². The van der Waals surface area contributed by atoms with E-state index in [0.29, 0.717) is 29.2 Å². The minimum Gasteiger partial charge on any atom is -0.207 e. The van der Waals surface area contributed by atoms with Crippen LogP contribution >= 0.6 is 0 Å². The van der Waals surface area contributed by atoms with Crippen LogP contribution in [0.15, 0.2) is 30.3 Å². The monoisotopic (exact) mass is 486 g/mol. The maximum atomic E-state index is 15.1. The van der Waals surface area contributed by atoms with Crippen molar-refractivity contribution in [2.45, 2.75) is 102 Å². The van der Waals surface area contributed by atoms with Gasteiger partial charge < -0.3 is 0 Å². The molecular formula is C31H38F4. The molecule has 4 heteroatoms. The lowest BCUT2D eigenvalue weighted by Gasteiger charge is -2.38. The molecule has 5 rings (SSSR count). The van der Waals surface area contributed by atoms with Crippen molar-refractivity contribution in [1.82, 2.24) is 0 Å². The SMILES string of the molecule is CC1CCC(c2cc(F)c(C3CCC(C4CCC(c5ccc(F)c(F)c5)CC4)CC3)c(F)c2)CC1. The highest BCUT2D eigenvalue weighted by Gasteiger charge is 2.34. The van der Waals surface area contributed by atoms with Crippen LogP contribution in [0.3, 0.4) is 0 Å². The largest absolute Gasteiger partial charge is 0.207 e. The molecular weight excluding hydrogens is 448 g/mol.